The van der Waals surface area contributed by atoms with Gasteiger partial charge in [-0.15, -0.1) is 11.3 Å². The maximum Gasteiger partial charge on any atom is 0.274 e. The standard InChI is InChI=1S/C26H33N5O6S2/c1-16-13-31(18(3)15-32)26(34)19-8-6-9-20(27-25(33)21-12-17(2)28-30(21)5)24(19)37-22(16)14-29(4)39(35,36)23-10-7-11-38-23/h6-12,16,18,22,32H,13-15H2,1-5H3,(H,27,33)/t16-,18+,22-/m1/s1. The number of carbonyl (C=O) groups excluding carboxylic acids is 2. The molecule has 3 aromatic rings. The molecule has 3 heterocycles. The van der Waals surface area contributed by atoms with E-state index < -0.39 is 28.1 Å². The number of carbonyl (C=O) groups is 2. The lowest BCUT2D eigenvalue weighted by Gasteiger charge is -2.38. The largest absolute Gasteiger partial charge is 0.486 e. The van der Waals surface area contributed by atoms with Crippen molar-refractivity contribution in [3.05, 3.63) is 58.7 Å². The van der Waals surface area contributed by atoms with Gasteiger partial charge in [-0.1, -0.05) is 19.1 Å². The Bertz CT molecular complexity index is 1450. The fourth-order valence-electron chi connectivity index (χ4n) is 4.48. The molecule has 1 aliphatic rings. The summed E-state index contributed by atoms with van der Waals surface area (Å²) in [4.78, 5) is 28.3. The first-order chi connectivity index (χ1) is 18.4. The van der Waals surface area contributed by atoms with Crippen molar-refractivity contribution in [1.29, 1.82) is 0 Å². The molecule has 3 atom stereocenters. The Morgan fingerprint density at radius 1 is 1.33 bits per heavy atom. The van der Waals surface area contributed by atoms with Crippen LogP contribution < -0.4 is 10.1 Å². The second kappa shape index (κ2) is 11.5. The number of rotatable bonds is 8. The Labute approximate surface area is 232 Å². The summed E-state index contributed by atoms with van der Waals surface area (Å²) in [6.45, 7) is 5.38. The number of ether oxygens (including phenoxy) is 1. The third kappa shape index (κ3) is 5.86. The number of benzene rings is 1. The van der Waals surface area contributed by atoms with E-state index in [4.69, 9.17) is 4.74 Å². The van der Waals surface area contributed by atoms with Crippen molar-refractivity contribution >= 4 is 38.9 Å². The maximum atomic E-state index is 13.6. The number of fused-ring (bicyclic) bond motifs is 1. The predicted octanol–water partition coefficient (Wildman–Crippen LogP) is 2.58. The number of aryl methyl sites for hydroxylation is 2. The summed E-state index contributed by atoms with van der Waals surface area (Å²) >= 11 is 1.13. The highest BCUT2D eigenvalue weighted by Gasteiger charge is 2.36. The fraction of sp³-hybridized carbons (Fsp3) is 0.423. The quantitative estimate of drug-likeness (QED) is 0.422. The van der Waals surface area contributed by atoms with Gasteiger partial charge in [0.1, 0.15) is 16.0 Å². The van der Waals surface area contributed by atoms with E-state index in [1.54, 1.807) is 67.6 Å². The van der Waals surface area contributed by atoms with Crippen molar-refractivity contribution in [2.24, 2.45) is 13.0 Å². The second-order valence-corrected chi connectivity index (χ2v) is 13.0. The van der Waals surface area contributed by atoms with Gasteiger partial charge in [0.15, 0.2) is 5.75 Å². The lowest BCUT2D eigenvalue weighted by atomic mass is 9.99. The Hall–Kier alpha value is -3.26. The molecule has 0 radical (unpaired) electrons. The first-order valence-electron chi connectivity index (χ1n) is 12.5. The summed E-state index contributed by atoms with van der Waals surface area (Å²) < 4.78 is 35.7. The van der Waals surface area contributed by atoms with Crippen LogP contribution in [0.4, 0.5) is 5.69 Å². The second-order valence-electron chi connectivity index (χ2n) is 9.77. The van der Waals surface area contributed by atoms with Crippen LogP contribution in [0.2, 0.25) is 0 Å². The molecule has 2 N–H and O–H groups in total. The van der Waals surface area contributed by atoms with E-state index in [0.717, 1.165) is 11.3 Å². The molecule has 0 aliphatic carbocycles. The van der Waals surface area contributed by atoms with Crippen LogP contribution in [0.25, 0.3) is 0 Å². The van der Waals surface area contributed by atoms with Crippen molar-refractivity contribution in [3.8, 4) is 5.75 Å². The van der Waals surface area contributed by atoms with E-state index >= 15 is 0 Å². The van der Waals surface area contributed by atoms with Crippen LogP contribution in [-0.2, 0) is 17.1 Å². The van der Waals surface area contributed by atoms with Gasteiger partial charge in [-0.05, 0) is 43.5 Å². The van der Waals surface area contributed by atoms with Crippen LogP contribution in [0.5, 0.6) is 5.75 Å². The minimum absolute atomic E-state index is 0.000414. The Kier molecular flexibility index (Phi) is 8.45. The average molecular weight is 576 g/mol. The van der Waals surface area contributed by atoms with Gasteiger partial charge in [0.2, 0.25) is 0 Å². The highest BCUT2D eigenvalue weighted by Crippen LogP contribution is 2.35. The molecule has 0 bridgehead atoms. The number of thiophene rings is 1. The number of sulfonamides is 1. The summed E-state index contributed by atoms with van der Waals surface area (Å²) in [6, 6.07) is 9.24. The van der Waals surface area contributed by atoms with Crippen LogP contribution in [0.1, 0.15) is 40.4 Å². The van der Waals surface area contributed by atoms with Crippen LogP contribution >= 0.6 is 11.3 Å². The summed E-state index contributed by atoms with van der Waals surface area (Å²) in [5.41, 5.74) is 1.47. The van der Waals surface area contributed by atoms with Gasteiger partial charge in [-0.25, -0.2) is 8.42 Å². The number of nitrogens with one attached hydrogen (secondary N) is 1. The lowest BCUT2D eigenvalue weighted by Crippen LogP contribution is -2.50. The number of hydrogen-bond acceptors (Lipinski definition) is 8. The summed E-state index contributed by atoms with van der Waals surface area (Å²) in [5, 5.41) is 18.6. The Morgan fingerprint density at radius 2 is 2.08 bits per heavy atom. The van der Waals surface area contributed by atoms with E-state index in [0.29, 0.717) is 11.4 Å². The van der Waals surface area contributed by atoms with Gasteiger partial charge < -0.3 is 20.1 Å². The molecule has 13 heteroatoms. The lowest BCUT2D eigenvalue weighted by molar-refractivity contribution is 0.0388. The summed E-state index contributed by atoms with van der Waals surface area (Å²) in [5.74, 6) is -0.972. The first kappa shape index (κ1) is 28.7. The molecule has 4 rings (SSSR count). The predicted molar refractivity (Wildman–Crippen MR) is 148 cm³/mol. The molecule has 0 fully saturated rings. The number of para-hydroxylation sites is 1. The van der Waals surface area contributed by atoms with Crippen molar-refractivity contribution in [3.63, 3.8) is 0 Å². The molecular weight excluding hydrogens is 542 g/mol. The zero-order chi connectivity index (χ0) is 28.5. The van der Waals surface area contributed by atoms with Crippen LogP contribution in [0, 0.1) is 12.8 Å². The molecule has 0 saturated carbocycles. The minimum atomic E-state index is -3.76. The van der Waals surface area contributed by atoms with Gasteiger partial charge in [0, 0.05) is 26.6 Å². The monoisotopic (exact) mass is 575 g/mol. The third-order valence-corrected chi connectivity index (χ3v) is 9.97. The molecule has 210 valence electrons. The number of aliphatic hydroxyl groups is 1. The highest BCUT2D eigenvalue weighted by atomic mass is 32.2. The number of likely N-dealkylation sites (N-methyl/N-ethyl adjacent to an activating group) is 1. The smallest absolute Gasteiger partial charge is 0.274 e. The number of aliphatic hydroxyl groups excluding tert-OH is 1. The number of nitrogens with zero attached hydrogens (tertiary/aromatic N) is 4. The number of amides is 2. The molecule has 2 aromatic heterocycles. The molecule has 0 saturated heterocycles. The maximum absolute atomic E-state index is 13.6. The molecule has 11 nitrogen and oxygen atoms in total. The molecule has 1 aliphatic heterocycles. The Balaban J connectivity index is 1.74. The van der Waals surface area contributed by atoms with E-state index in [2.05, 4.69) is 10.4 Å². The molecule has 0 unspecified atom stereocenters. The Morgan fingerprint density at radius 3 is 2.69 bits per heavy atom. The number of hydrogen-bond donors (Lipinski definition) is 2. The number of aromatic nitrogens is 2. The van der Waals surface area contributed by atoms with E-state index in [1.165, 1.54) is 16.0 Å². The highest BCUT2D eigenvalue weighted by molar-refractivity contribution is 7.91. The van der Waals surface area contributed by atoms with E-state index in [9.17, 15) is 23.1 Å². The van der Waals surface area contributed by atoms with Gasteiger partial charge in [0.05, 0.1) is 36.1 Å². The topological polar surface area (TPSA) is 134 Å². The van der Waals surface area contributed by atoms with Crippen molar-refractivity contribution in [1.82, 2.24) is 19.0 Å². The van der Waals surface area contributed by atoms with Crippen LogP contribution in [0.15, 0.2) is 46.0 Å². The molecule has 1 aromatic carbocycles. The third-order valence-electron chi connectivity index (χ3n) is 6.77. The van der Waals surface area contributed by atoms with Gasteiger partial charge in [0.25, 0.3) is 21.8 Å². The fourth-order valence-corrected chi connectivity index (χ4v) is 6.87. The molecule has 2 amide bonds. The molecular formula is C26H33N5O6S2. The summed E-state index contributed by atoms with van der Waals surface area (Å²) in [7, 11) is -0.609. The average Bonchev–Trinajstić information content (AvgIpc) is 3.56. The van der Waals surface area contributed by atoms with Gasteiger partial charge in [-0.3, -0.25) is 14.3 Å². The SMILES string of the molecule is Cc1cc(C(=O)Nc2cccc3c2O[C@H](CN(C)S(=O)(=O)c2cccs2)[C@H](C)CN([C@@H](C)CO)C3=O)n(C)n1. The van der Waals surface area contributed by atoms with Crippen LogP contribution in [0.3, 0.4) is 0 Å². The van der Waals surface area contributed by atoms with E-state index in [-0.39, 0.29) is 52.7 Å². The van der Waals surface area contributed by atoms with Crippen LogP contribution in [-0.4, -0.2) is 83.2 Å². The van der Waals surface area contributed by atoms with Crippen molar-refractivity contribution < 1.29 is 27.9 Å². The molecule has 0 spiro atoms. The van der Waals surface area contributed by atoms with Gasteiger partial charge in [-0.2, -0.15) is 9.40 Å². The molecule has 39 heavy (non-hydrogen) atoms. The van der Waals surface area contributed by atoms with E-state index in [1.807, 2.05) is 6.92 Å². The van der Waals surface area contributed by atoms with Gasteiger partial charge >= 0.3 is 0 Å². The van der Waals surface area contributed by atoms with Crippen molar-refractivity contribution in [2.75, 3.05) is 32.1 Å². The first-order valence-corrected chi connectivity index (χ1v) is 14.8. The summed E-state index contributed by atoms with van der Waals surface area (Å²) in [6.07, 6.45) is -0.679. The number of anilines is 1. The normalized spacial score (nSPS) is 18.7. The minimum Gasteiger partial charge on any atom is -0.486 e. The van der Waals surface area contributed by atoms with Crippen molar-refractivity contribution in [2.45, 2.75) is 37.1 Å². The zero-order valence-electron chi connectivity index (χ0n) is 22.5. The zero-order valence-corrected chi connectivity index (χ0v) is 24.1.